The first-order valence-electron chi connectivity index (χ1n) is 39.9. The zero-order valence-electron chi connectivity index (χ0n) is 63.0. The molecule has 96 heavy (non-hydrogen) atoms. The molecule has 3 N–H and O–H groups in total. The molecular formula is C77H150O17P2. The van der Waals surface area contributed by atoms with Gasteiger partial charge in [0.25, 0.3) is 0 Å². The summed E-state index contributed by atoms with van der Waals surface area (Å²) in [5.41, 5.74) is 0. The van der Waals surface area contributed by atoms with Gasteiger partial charge < -0.3 is 33.8 Å². The SMILES string of the molecule is CCC(C)CCCCCCCCCCCCCCCCCCCCC(=O)O[C@H](COC(=O)CCCCCCCCC(C)CC)COP(=O)(O)OC[C@H](O)COP(=O)(O)OC[C@@H](COC(=O)CCCCCCCCC(C)CC)OC(=O)CCCCCCCCCCCCC(C)CC. The third-order valence-electron chi connectivity index (χ3n) is 19.3. The molecule has 0 spiro atoms. The number of ether oxygens (including phenoxy) is 4. The molecule has 0 heterocycles. The molecule has 0 aromatic carbocycles. The third-order valence-corrected chi connectivity index (χ3v) is 21.2. The number of phosphoric ester groups is 2. The lowest BCUT2D eigenvalue weighted by atomic mass is 9.99. The van der Waals surface area contributed by atoms with Crippen LogP contribution in [0.2, 0.25) is 0 Å². The number of esters is 4. The van der Waals surface area contributed by atoms with Crippen LogP contribution in [0.1, 0.15) is 389 Å². The first kappa shape index (κ1) is 94.1. The zero-order valence-corrected chi connectivity index (χ0v) is 64.8. The van der Waals surface area contributed by atoms with E-state index < -0.39 is 97.5 Å². The number of rotatable bonds is 74. The Balaban J connectivity index is 5.18. The average Bonchev–Trinajstić information content (AvgIpc) is 1.32. The van der Waals surface area contributed by atoms with E-state index in [4.69, 9.17) is 37.0 Å². The van der Waals surface area contributed by atoms with Crippen molar-refractivity contribution in [3.05, 3.63) is 0 Å². The highest BCUT2D eigenvalue weighted by Gasteiger charge is 2.30. The van der Waals surface area contributed by atoms with Crippen molar-refractivity contribution in [2.45, 2.75) is 408 Å². The standard InChI is InChI=1S/C77H150O17P2/c1-9-67(5)53-45-37-29-25-21-19-17-15-13-14-16-18-20-22-27-31-43-51-59-76(81)93-72(63-87-74(79)57-49-41-35-33-39-47-55-69(7)11-3)65-91-95(83,84)89-61-71(78)62-90-96(85,86)92-66-73(64-88-75(80)58-50-42-36-34-40-48-56-70(8)12-4)94-77(82)60-52-44-32-28-24-23-26-30-38-46-54-68(6)10-2/h67-73,78H,9-66H2,1-8H3,(H,83,84)(H,85,86)/t67?,68?,69?,70?,71-,72+,73+/m0/s1. The maximum atomic E-state index is 13.1. The maximum absolute atomic E-state index is 13.1. The van der Waals surface area contributed by atoms with E-state index in [-0.39, 0.29) is 25.7 Å². The fourth-order valence-electron chi connectivity index (χ4n) is 11.6. The Kier molecular flexibility index (Phi) is 65.0. The van der Waals surface area contributed by atoms with Gasteiger partial charge in [-0.25, -0.2) is 9.13 Å². The van der Waals surface area contributed by atoms with Crippen LogP contribution in [0.15, 0.2) is 0 Å². The van der Waals surface area contributed by atoms with Crippen molar-refractivity contribution < 1.29 is 80.2 Å². The zero-order chi connectivity index (χ0) is 71.0. The van der Waals surface area contributed by atoms with Crippen LogP contribution in [0.5, 0.6) is 0 Å². The molecular weight excluding hydrogens is 1260 g/mol. The Morgan fingerprint density at radius 1 is 0.281 bits per heavy atom. The third kappa shape index (κ3) is 65.4. The number of aliphatic hydroxyl groups excluding tert-OH is 1. The van der Waals surface area contributed by atoms with Gasteiger partial charge in [0.15, 0.2) is 12.2 Å². The van der Waals surface area contributed by atoms with Gasteiger partial charge >= 0.3 is 39.5 Å². The topological polar surface area (TPSA) is 237 Å². The summed E-state index contributed by atoms with van der Waals surface area (Å²) in [5, 5.41) is 10.6. The molecule has 0 aromatic heterocycles. The predicted molar refractivity (Wildman–Crippen MR) is 391 cm³/mol. The highest BCUT2D eigenvalue weighted by atomic mass is 31.2. The van der Waals surface area contributed by atoms with E-state index in [1.165, 1.54) is 180 Å². The van der Waals surface area contributed by atoms with Crippen molar-refractivity contribution in [2.75, 3.05) is 39.6 Å². The summed E-state index contributed by atoms with van der Waals surface area (Å²) in [6.45, 7) is 14.2. The van der Waals surface area contributed by atoms with E-state index in [0.29, 0.717) is 25.7 Å². The van der Waals surface area contributed by atoms with Crippen LogP contribution in [0.4, 0.5) is 0 Å². The van der Waals surface area contributed by atoms with Crippen molar-refractivity contribution in [2.24, 2.45) is 23.7 Å². The van der Waals surface area contributed by atoms with Crippen LogP contribution in [0.3, 0.4) is 0 Å². The molecule has 0 bridgehead atoms. The molecule has 0 aliphatic heterocycles. The smallest absolute Gasteiger partial charge is 0.462 e. The molecule has 0 aliphatic carbocycles. The number of hydrogen-bond acceptors (Lipinski definition) is 15. The minimum atomic E-state index is -4.96. The fraction of sp³-hybridized carbons (Fsp3) is 0.948. The van der Waals surface area contributed by atoms with Gasteiger partial charge in [-0.2, -0.15) is 0 Å². The number of aliphatic hydroxyl groups is 1. The molecule has 17 nitrogen and oxygen atoms in total. The highest BCUT2D eigenvalue weighted by molar-refractivity contribution is 7.47. The Hall–Kier alpha value is -1.94. The number of carbonyl (C=O) groups excluding carboxylic acids is 4. The van der Waals surface area contributed by atoms with Crippen molar-refractivity contribution in [1.29, 1.82) is 0 Å². The van der Waals surface area contributed by atoms with E-state index in [9.17, 15) is 43.2 Å². The monoisotopic (exact) mass is 1410 g/mol. The molecule has 570 valence electrons. The number of unbranched alkanes of at least 4 members (excludes halogenated alkanes) is 36. The lowest BCUT2D eigenvalue weighted by Gasteiger charge is -2.21. The Labute approximate surface area is 588 Å². The first-order chi connectivity index (χ1) is 46.2. The van der Waals surface area contributed by atoms with Crippen LogP contribution in [-0.2, 0) is 65.4 Å². The molecule has 0 saturated carbocycles. The van der Waals surface area contributed by atoms with E-state index in [1.807, 2.05) is 0 Å². The first-order valence-corrected chi connectivity index (χ1v) is 42.8. The lowest BCUT2D eigenvalue weighted by molar-refractivity contribution is -0.161. The van der Waals surface area contributed by atoms with Gasteiger partial charge in [-0.1, -0.05) is 338 Å². The summed E-state index contributed by atoms with van der Waals surface area (Å²) in [7, 11) is -9.91. The second kappa shape index (κ2) is 66.3. The van der Waals surface area contributed by atoms with Gasteiger partial charge in [0.1, 0.15) is 19.3 Å². The molecule has 6 unspecified atom stereocenters. The normalized spacial score (nSPS) is 15.2. The molecule has 0 aliphatic rings. The second-order valence-corrected chi connectivity index (χ2v) is 31.6. The van der Waals surface area contributed by atoms with Crippen molar-refractivity contribution in [1.82, 2.24) is 0 Å². The minimum absolute atomic E-state index is 0.105. The summed E-state index contributed by atoms with van der Waals surface area (Å²) in [5.74, 6) is 1.01. The van der Waals surface area contributed by atoms with Crippen LogP contribution < -0.4 is 0 Å². The van der Waals surface area contributed by atoms with Gasteiger partial charge in [0.05, 0.1) is 26.4 Å². The predicted octanol–water partition coefficient (Wildman–Crippen LogP) is 22.4. The van der Waals surface area contributed by atoms with Gasteiger partial charge in [-0.05, 0) is 49.4 Å². The number of phosphoric acid groups is 2. The van der Waals surface area contributed by atoms with Gasteiger partial charge in [-0.15, -0.1) is 0 Å². The van der Waals surface area contributed by atoms with Crippen LogP contribution in [0.25, 0.3) is 0 Å². The molecule has 0 aromatic rings. The van der Waals surface area contributed by atoms with Crippen LogP contribution in [0, 0.1) is 23.7 Å². The number of carbonyl (C=O) groups is 4. The minimum Gasteiger partial charge on any atom is -0.462 e. The second-order valence-electron chi connectivity index (χ2n) is 28.7. The number of hydrogen-bond donors (Lipinski definition) is 3. The molecule has 0 fully saturated rings. The summed E-state index contributed by atoms with van der Waals surface area (Å²) < 4.78 is 68.5. The largest absolute Gasteiger partial charge is 0.472 e. The molecule has 0 rings (SSSR count). The van der Waals surface area contributed by atoms with E-state index in [2.05, 4.69) is 55.4 Å². The van der Waals surface area contributed by atoms with E-state index >= 15 is 0 Å². The van der Waals surface area contributed by atoms with E-state index in [1.54, 1.807) is 0 Å². The van der Waals surface area contributed by atoms with Crippen molar-refractivity contribution in [3.63, 3.8) is 0 Å². The summed E-state index contributed by atoms with van der Waals surface area (Å²) in [6, 6.07) is 0. The van der Waals surface area contributed by atoms with Crippen molar-refractivity contribution in [3.8, 4) is 0 Å². The highest BCUT2D eigenvalue weighted by Crippen LogP contribution is 2.45. The summed E-state index contributed by atoms with van der Waals surface area (Å²) in [4.78, 5) is 72.8. The summed E-state index contributed by atoms with van der Waals surface area (Å²) in [6.07, 6.45) is 51.4. The molecule has 9 atom stereocenters. The maximum Gasteiger partial charge on any atom is 0.472 e. The molecule has 19 heteroatoms. The lowest BCUT2D eigenvalue weighted by Crippen LogP contribution is -2.30. The molecule has 0 radical (unpaired) electrons. The van der Waals surface area contributed by atoms with Gasteiger partial charge in [0, 0.05) is 25.7 Å². The van der Waals surface area contributed by atoms with Gasteiger partial charge in [-0.3, -0.25) is 37.3 Å². The van der Waals surface area contributed by atoms with Crippen molar-refractivity contribution >= 4 is 39.5 Å². The van der Waals surface area contributed by atoms with Gasteiger partial charge in [0.2, 0.25) is 0 Å². The Morgan fingerprint density at radius 3 is 0.688 bits per heavy atom. The molecule has 0 saturated heterocycles. The Morgan fingerprint density at radius 2 is 0.469 bits per heavy atom. The van der Waals surface area contributed by atoms with Crippen LogP contribution >= 0.6 is 15.6 Å². The molecule has 0 amide bonds. The Bertz CT molecular complexity index is 1890. The average molecular weight is 1410 g/mol. The van der Waals surface area contributed by atoms with Crippen LogP contribution in [-0.4, -0.2) is 96.7 Å². The summed E-state index contributed by atoms with van der Waals surface area (Å²) >= 11 is 0. The fourth-order valence-corrected chi connectivity index (χ4v) is 13.2. The quantitative estimate of drug-likeness (QED) is 0.0222. The van der Waals surface area contributed by atoms with E-state index in [0.717, 1.165) is 126 Å².